The third-order valence-corrected chi connectivity index (χ3v) is 4.76. The van der Waals surface area contributed by atoms with Gasteiger partial charge in [-0.1, -0.05) is 11.6 Å². The monoisotopic (exact) mass is 511 g/mol. The molecule has 0 unspecified atom stereocenters. The molecule has 35 heavy (non-hydrogen) atoms. The summed E-state index contributed by atoms with van der Waals surface area (Å²) in [6, 6.07) is 5.10. The SMILES string of the molecule is Nc1ncnc(Oc2ccc(NC(=O)c3cnn(-c4ncccc4F)c3C(F)(F)F)cc2F)c1Cl. The van der Waals surface area contributed by atoms with Crippen LogP contribution in [0, 0.1) is 11.6 Å². The zero-order valence-corrected chi connectivity index (χ0v) is 17.8. The summed E-state index contributed by atoms with van der Waals surface area (Å²) in [5.41, 5.74) is 2.81. The second-order valence-corrected chi connectivity index (χ2v) is 7.08. The van der Waals surface area contributed by atoms with Crippen LogP contribution in [0.25, 0.3) is 5.82 Å². The molecule has 0 aliphatic heterocycles. The lowest BCUT2D eigenvalue weighted by molar-refractivity contribution is -0.143. The maximum Gasteiger partial charge on any atom is 0.434 e. The second-order valence-electron chi connectivity index (χ2n) is 6.70. The maximum atomic E-state index is 14.5. The van der Waals surface area contributed by atoms with Crippen LogP contribution >= 0.6 is 11.6 Å². The standard InChI is InChI=1S/C20H11ClF5N7O2/c21-14-16(27)29-8-30-19(14)35-13-4-3-9(6-12(13)23)32-18(34)10-7-31-33(15(10)20(24,25)26)17-11(22)2-1-5-28-17/h1-8H,(H,32,34)(H2,27,29,30). The van der Waals surface area contributed by atoms with E-state index in [9.17, 15) is 26.7 Å². The molecule has 1 aromatic carbocycles. The summed E-state index contributed by atoms with van der Waals surface area (Å²) in [6.45, 7) is 0. The lowest BCUT2D eigenvalue weighted by Crippen LogP contribution is -2.21. The first-order valence-electron chi connectivity index (χ1n) is 9.37. The van der Waals surface area contributed by atoms with Gasteiger partial charge in [-0.2, -0.15) is 23.3 Å². The van der Waals surface area contributed by atoms with Gasteiger partial charge in [0.25, 0.3) is 5.91 Å². The minimum absolute atomic E-state index is 0.104. The number of halogens is 6. The van der Waals surface area contributed by atoms with Crippen molar-refractivity contribution in [1.82, 2.24) is 24.7 Å². The number of hydrogen-bond donors (Lipinski definition) is 2. The van der Waals surface area contributed by atoms with Crippen LogP contribution in [0.5, 0.6) is 11.6 Å². The Morgan fingerprint density at radius 3 is 2.57 bits per heavy atom. The molecule has 3 N–H and O–H groups in total. The zero-order chi connectivity index (χ0) is 25.3. The average molecular weight is 512 g/mol. The van der Waals surface area contributed by atoms with Crippen molar-refractivity contribution in [3.8, 4) is 17.4 Å². The van der Waals surface area contributed by atoms with Crippen molar-refractivity contribution in [2.75, 3.05) is 11.1 Å². The lowest BCUT2D eigenvalue weighted by atomic mass is 10.2. The van der Waals surface area contributed by atoms with Crippen LogP contribution in [0.15, 0.2) is 49.1 Å². The Morgan fingerprint density at radius 2 is 1.89 bits per heavy atom. The Bertz CT molecular complexity index is 1430. The summed E-state index contributed by atoms with van der Waals surface area (Å²) in [4.78, 5) is 23.5. The van der Waals surface area contributed by atoms with E-state index in [1.54, 1.807) is 0 Å². The molecule has 0 fully saturated rings. The fraction of sp³-hybridized carbons (Fsp3) is 0.0500. The number of aromatic nitrogens is 5. The first kappa shape index (κ1) is 23.8. The van der Waals surface area contributed by atoms with Gasteiger partial charge in [-0.25, -0.2) is 23.4 Å². The van der Waals surface area contributed by atoms with Crippen LogP contribution in [0.3, 0.4) is 0 Å². The number of carbonyl (C=O) groups is 1. The average Bonchev–Trinajstić information content (AvgIpc) is 3.25. The summed E-state index contributed by atoms with van der Waals surface area (Å²) < 4.78 is 75.2. The van der Waals surface area contributed by atoms with Gasteiger partial charge in [0.1, 0.15) is 17.2 Å². The van der Waals surface area contributed by atoms with E-state index in [-0.39, 0.29) is 32.8 Å². The first-order valence-corrected chi connectivity index (χ1v) is 9.75. The minimum Gasteiger partial charge on any atom is -0.434 e. The topological polar surface area (TPSA) is 121 Å². The van der Waals surface area contributed by atoms with E-state index >= 15 is 0 Å². The molecule has 0 bridgehead atoms. The van der Waals surface area contributed by atoms with Gasteiger partial charge in [-0.05, 0) is 24.3 Å². The number of hydrogen-bond acceptors (Lipinski definition) is 7. The second kappa shape index (κ2) is 9.13. The molecule has 3 heterocycles. The highest BCUT2D eigenvalue weighted by atomic mass is 35.5. The van der Waals surface area contributed by atoms with Crippen molar-refractivity contribution < 1.29 is 31.5 Å². The molecule has 4 rings (SSSR count). The molecule has 3 aromatic heterocycles. The van der Waals surface area contributed by atoms with Gasteiger partial charge in [0, 0.05) is 18.0 Å². The van der Waals surface area contributed by atoms with Crippen molar-refractivity contribution in [2.24, 2.45) is 0 Å². The van der Waals surface area contributed by atoms with E-state index in [2.05, 4.69) is 25.4 Å². The normalized spacial score (nSPS) is 11.4. The van der Waals surface area contributed by atoms with Crippen LogP contribution in [0.2, 0.25) is 5.02 Å². The Hall–Kier alpha value is -4.33. The van der Waals surface area contributed by atoms with E-state index in [1.807, 2.05) is 0 Å². The molecule has 15 heteroatoms. The van der Waals surface area contributed by atoms with Gasteiger partial charge in [0.15, 0.2) is 28.9 Å². The molecule has 4 aromatic rings. The molecule has 0 spiro atoms. The first-order chi connectivity index (χ1) is 16.6. The van der Waals surface area contributed by atoms with Crippen LogP contribution in [0.1, 0.15) is 16.1 Å². The number of alkyl halides is 3. The van der Waals surface area contributed by atoms with Crippen molar-refractivity contribution in [2.45, 2.75) is 6.18 Å². The summed E-state index contributed by atoms with van der Waals surface area (Å²) >= 11 is 5.89. The van der Waals surface area contributed by atoms with Gasteiger partial charge in [0.05, 0.1) is 11.8 Å². The van der Waals surface area contributed by atoms with Gasteiger partial charge in [-0.3, -0.25) is 4.79 Å². The van der Waals surface area contributed by atoms with Crippen LogP contribution in [-0.4, -0.2) is 30.6 Å². The van der Waals surface area contributed by atoms with Crippen molar-refractivity contribution in [3.05, 3.63) is 77.0 Å². The molecule has 0 radical (unpaired) electrons. The molecule has 0 aliphatic rings. The number of nitrogens with two attached hydrogens (primary N) is 1. The highest BCUT2D eigenvalue weighted by Crippen LogP contribution is 2.35. The van der Waals surface area contributed by atoms with E-state index in [1.165, 1.54) is 6.07 Å². The fourth-order valence-electron chi connectivity index (χ4n) is 2.88. The molecule has 180 valence electrons. The Balaban J connectivity index is 1.61. The number of amides is 1. The number of rotatable bonds is 5. The molecule has 0 saturated heterocycles. The van der Waals surface area contributed by atoms with Crippen molar-refractivity contribution >= 4 is 29.0 Å². The number of ether oxygens (including phenoxy) is 1. The number of pyridine rings is 1. The molecule has 9 nitrogen and oxygen atoms in total. The third-order valence-electron chi connectivity index (χ3n) is 4.40. The Kier molecular flexibility index (Phi) is 6.22. The van der Waals surface area contributed by atoms with Gasteiger partial charge >= 0.3 is 6.18 Å². The predicted molar refractivity (Wildman–Crippen MR) is 112 cm³/mol. The zero-order valence-electron chi connectivity index (χ0n) is 17.0. The van der Waals surface area contributed by atoms with Crippen LogP contribution in [0.4, 0.5) is 33.5 Å². The molecular formula is C20H11ClF5N7O2. The highest BCUT2D eigenvalue weighted by Gasteiger charge is 2.41. The maximum absolute atomic E-state index is 14.5. The van der Waals surface area contributed by atoms with Crippen LogP contribution in [-0.2, 0) is 6.18 Å². The quantitative estimate of drug-likeness (QED) is 0.375. The summed E-state index contributed by atoms with van der Waals surface area (Å²) in [6.07, 6.45) is -2.40. The Labute approximate surface area is 197 Å². The third kappa shape index (κ3) is 4.82. The number of benzene rings is 1. The van der Waals surface area contributed by atoms with Crippen molar-refractivity contribution in [1.29, 1.82) is 0 Å². The minimum atomic E-state index is -5.10. The van der Waals surface area contributed by atoms with Gasteiger partial charge in [0.2, 0.25) is 5.88 Å². The molecule has 0 saturated carbocycles. The number of anilines is 2. The number of nitrogens with zero attached hydrogens (tertiary/aromatic N) is 5. The van der Waals surface area contributed by atoms with E-state index in [0.29, 0.717) is 6.20 Å². The highest BCUT2D eigenvalue weighted by molar-refractivity contribution is 6.34. The lowest BCUT2D eigenvalue weighted by Gasteiger charge is -2.13. The predicted octanol–water partition coefficient (Wildman–Crippen LogP) is 4.63. The van der Waals surface area contributed by atoms with E-state index < -0.39 is 40.8 Å². The fourth-order valence-corrected chi connectivity index (χ4v) is 3.02. The van der Waals surface area contributed by atoms with Crippen molar-refractivity contribution in [3.63, 3.8) is 0 Å². The molecule has 0 atom stereocenters. The van der Waals surface area contributed by atoms with Gasteiger partial charge < -0.3 is 15.8 Å². The summed E-state index contributed by atoms with van der Waals surface area (Å²) in [5, 5.41) is 5.44. The Morgan fingerprint density at radius 1 is 1.11 bits per heavy atom. The largest absolute Gasteiger partial charge is 0.434 e. The summed E-state index contributed by atoms with van der Waals surface area (Å²) in [5.74, 6) is -4.83. The van der Waals surface area contributed by atoms with Gasteiger partial charge in [-0.15, -0.1) is 0 Å². The molecule has 1 amide bonds. The smallest absolute Gasteiger partial charge is 0.434 e. The summed E-state index contributed by atoms with van der Waals surface area (Å²) in [7, 11) is 0. The molecule has 0 aliphatic carbocycles. The van der Waals surface area contributed by atoms with Crippen LogP contribution < -0.4 is 15.8 Å². The number of nitrogen functional groups attached to an aromatic ring is 1. The molecular weight excluding hydrogens is 501 g/mol. The number of carbonyl (C=O) groups excluding carboxylic acids is 1. The van der Waals surface area contributed by atoms with E-state index in [4.69, 9.17) is 22.1 Å². The number of nitrogens with one attached hydrogen (secondary N) is 1. The van der Waals surface area contributed by atoms with E-state index in [0.717, 1.165) is 36.8 Å².